The summed E-state index contributed by atoms with van der Waals surface area (Å²) in [5, 5.41) is 21.5. The Morgan fingerprint density at radius 2 is 2.11 bits per heavy atom. The summed E-state index contributed by atoms with van der Waals surface area (Å²) in [7, 11) is 0. The summed E-state index contributed by atoms with van der Waals surface area (Å²) in [6, 6.07) is 1.87. The highest BCUT2D eigenvalue weighted by Gasteiger charge is 2.19. The van der Waals surface area contributed by atoms with Crippen LogP contribution in [-0.4, -0.2) is 34.9 Å². The molecule has 0 saturated heterocycles. The number of aliphatic carboxylic acids is 1. The maximum absolute atomic E-state index is 13.5. The van der Waals surface area contributed by atoms with Gasteiger partial charge in [-0.25, -0.2) is 14.0 Å². The number of halogens is 2. The number of aliphatic hydroxyl groups excluding tert-OH is 1. The number of nitrogens with one attached hydrogen (secondary N) is 2. The number of carboxylic acids is 1. The highest BCUT2D eigenvalue weighted by molar-refractivity contribution is 6.31. The van der Waals surface area contributed by atoms with Crippen molar-refractivity contribution in [3.63, 3.8) is 0 Å². The SMILES string of the molecule is O=C(Nc1cccc(Cl)c1F)NC(CCO)C(=O)O. The molecule has 1 rings (SSSR count). The van der Waals surface area contributed by atoms with E-state index in [1.165, 1.54) is 18.2 Å². The van der Waals surface area contributed by atoms with E-state index in [0.717, 1.165) is 0 Å². The van der Waals surface area contributed by atoms with Crippen LogP contribution in [0.2, 0.25) is 5.02 Å². The number of carbonyl (C=O) groups excluding carboxylic acids is 1. The number of hydrogen-bond donors (Lipinski definition) is 4. The summed E-state index contributed by atoms with van der Waals surface area (Å²) in [5.41, 5.74) is -0.168. The average Bonchev–Trinajstić information content (AvgIpc) is 2.34. The van der Waals surface area contributed by atoms with Crippen molar-refractivity contribution in [1.82, 2.24) is 5.32 Å². The van der Waals surface area contributed by atoms with Gasteiger partial charge in [0.25, 0.3) is 0 Å². The smallest absolute Gasteiger partial charge is 0.326 e. The molecule has 1 aromatic rings. The van der Waals surface area contributed by atoms with Gasteiger partial charge in [-0.15, -0.1) is 0 Å². The van der Waals surface area contributed by atoms with Crippen LogP contribution < -0.4 is 10.6 Å². The predicted molar refractivity (Wildman–Crippen MR) is 66.7 cm³/mol. The number of rotatable bonds is 5. The van der Waals surface area contributed by atoms with Crippen LogP contribution in [0, 0.1) is 5.82 Å². The van der Waals surface area contributed by atoms with Gasteiger partial charge in [-0.05, 0) is 12.1 Å². The Kier molecular flexibility index (Phi) is 5.53. The van der Waals surface area contributed by atoms with Crippen LogP contribution in [0.3, 0.4) is 0 Å². The minimum absolute atomic E-state index is 0.152. The van der Waals surface area contributed by atoms with Crippen molar-refractivity contribution in [2.24, 2.45) is 0 Å². The summed E-state index contributed by atoms with van der Waals surface area (Å²) in [5.74, 6) is -2.11. The second kappa shape index (κ2) is 6.91. The van der Waals surface area contributed by atoms with E-state index in [1.807, 2.05) is 0 Å². The number of anilines is 1. The molecular weight excluding hydrogens is 279 g/mol. The van der Waals surface area contributed by atoms with E-state index in [0.29, 0.717) is 0 Å². The van der Waals surface area contributed by atoms with Gasteiger partial charge in [-0.3, -0.25) is 0 Å². The summed E-state index contributed by atoms with van der Waals surface area (Å²) in [6.07, 6.45) is -0.152. The van der Waals surface area contributed by atoms with Crippen molar-refractivity contribution in [2.45, 2.75) is 12.5 Å². The van der Waals surface area contributed by atoms with E-state index in [-0.39, 0.29) is 17.1 Å². The molecule has 0 fully saturated rings. The molecule has 1 atom stereocenters. The van der Waals surface area contributed by atoms with Gasteiger partial charge in [0, 0.05) is 13.0 Å². The predicted octanol–water partition coefficient (Wildman–Crippen LogP) is 1.44. The van der Waals surface area contributed by atoms with Gasteiger partial charge in [0.05, 0.1) is 10.7 Å². The molecule has 0 spiro atoms. The standard InChI is InChI=1S/C11H12ClFN2O4/c12-6-2-1-3-7(9(6)13)14-11(19)15-8(4-5-16)10(17)18/h1-3,8,16H,4-5H2,(H,17,18)(H2,14,15,19). The van der Waals surface area contributed by atoms with E-state index >= 15 is 0 Å². The molecule has 19 heavy (non-hydrogen) atoms. The zero-order valence-corrected chi connectivity index (χ0v) is 10.4. The summed E-state index contributed by atoms with van der Waals surface area (Å²) < 4.78 is 13.5. The van der Waals surface area contributed by atoms with Crippen LogP contribution in [0.1, 0.15) is 6.42 Å². The first-order chi connectivity index (χ1) is 8.95. The third-order valence-corrected chi connectivity index (χ3v) is 2.51. The lowest BCUT2D eigenvalue weighted by Crippen LogP contribution is -2.43. The number of carbonyl (C=O) groups is 2. The zero-order valence-electron chi connectivity index (χ0n) is 9.69. The summed E-state index contributed by atoms with van der Waals surface area (Å²) >= 11 is 5.53. The van der Waals surface area contributed by atoms with Crippen LogP contribution in [0.25, 0.3) is 0 Å². The van der Waals surface area contributed by atoms with Crippen LogP contribution in [0.5, 0.6) is 0 Å². The normalized spacial score (nSPS) is 11.7. The molecule has 0 aliphatic rings. The van der Waals surface area contributed by atoms with Crippen molar-refractivity contribution >= 4 is 29.3 Å². The number of carboxylic acid groups (broad SMARTS) is 1. The third-order valence-electron chi connectivity index (χ3n) is 2.22. The molecule has 0 heterocycles. The van der Waals surface area contributed by atoms with Crippen molar-refractivity contribution < 1.29 is 24.2 Å². The summed E-state index contributed by atoms with van der Waals surface area (Å²) in [6.45, 7) is -0.400. The monoisotopic (exact) mass is 290 g/mol. The first kappa shape index (κ1) is 15.2. The quantitative estimate of drug-likeness (QED) is 0.659. The molecule has 104 valence electrons. The molecule has 0 aliphatic carbocycles. The fourth-order valence-electron chi connectivity index (χ4n) is 1.30. The molecular formula is C11H12ClFN2O4. The Bertz CT molecular complexity index is 484. The van der Waals surface area contributed by atoms with Gasteiger partial charge < -0.3 is 20.8 Å². The van der Waals surface area contributed by atoms with E-state index in [4.69, 9.17) is 21.8 Å². The first-order valence-corrected chi connectivity index (χ1v) is 5.68. The summed E-state index contributed by atoms with van der Waals surface area (Å²) in [4.78, 5) is 22.2. The fraction of sp³-hybridized carbons (Fsp3) is 0.273. The van der Waals surface area contributed by atoms with Crippen LogP contribution in [-0.2, 0) is 4.79 Å². The maximum atomic E-state index is 13.5. The van der Waals surface area contributed by atoms with Crippen molar-refractivity contribution in [1.29, 1.82) is 0 Å². The number of urea groups is 1. The molecule has 1 aromatic carbocycles. The van der Waals surface area contributed by atoms with Gasteiger partial charge in [-0.2, -0.15) is 0 Å². The molecule has 0 aliphatic heterocycles. The van der Waals surface area contributed by atoms with Gasteiger partial charge in [0.1, 0.15) is 6.04 Å². The largest absolute Gasteiger partial charge is 0.480 e. The Hall–Kier alpha value is -1.86. The molecule has 0 saturated carbocycles. The first-order valence-electron chi connectivity index (χ1n) is 5.31. The second-order valence-corrected chi connectivity index (χ2v) is 4.01. The van der Waals surface area contributed by atoms with Crippen molar-refractivity contribution in [3.05, 3.63) is 29.0 Å². The Balaban J connectivity index is 2.69. The molecule has 4 N–H and O–H groups in total. The van der Waals surface area contributed by atoms with Gasteiger partial charge >= 0.3 is 12.0 Å². The van der Waals surface area contributed by atoms with Crippen molar-refractivity contribution in [2.75, 3.05) is 11.9 Å². The molecule has 8 heteroatoms. The highest BCUT2D eigenvalue weighted by Crippen LogP contribution is 2.21. The molecule has 0 aromatic heterocycles. The average molecular weight is 291 g/mol. The zero-order chi connectivity index (χ0) is 14.4. The van der Waals surface area contributed by atoms with E-state index in [2.05, 4.69) is 10.6 Å². The topological polar surface area (TPSA) is 98.7 Å². The highest BCUT2D eigenvalue weighted by atomic mass is 35.5. The molecule has 0 radical (unpaired) electrons. The van der Waals surface area contributed by atoms with Crippen LogP contribution in [0.4, 0.5) is 14.9 Å². The lowest BCUT2D eigenvalue weighted by Gasteiger charge is -2.14. The number of amides is 2. The minimum Gasteiger partial charge on any atom is -0.480 e. The molecule has 6 nitrogen and oxygen atoms in total. The second-order valence-electron chi connectivity index (χ2n) is 3.60. The third kappa shape index (κ3) is 4.38. The fourth-order valence-corrected chi connectivity index (χ4v) is 1.48. The van der Waals surface area contributed by atoms with Crippen LogP contribution in [0.15, 0.2) is 18.2 Å². The Labute approximate surface area is 113 Å². The van der Waals surface area contributed by atoms with Gasteiger partial charge in [0.2, 0.25) is 0 Å². The van der Waals surface area contributed by atoms with E-state index < -0.39 is 30.5 Å². The molecule has 1 unspecified atom stereocenters. The number of aliphatic hydroxyl groups is 1. The number of benzene rings is 1. The van der Waals surface area contributed by atoms with Crippen molar-refractivity contribution in [3.8, 4) is 0 Å². The number of hydrogen-bond acceptors (Lipinski definition) is 3. The van der Waals surface area contributed by atoms with Crippen LogP contribution >= 0.6 is 11.6 Å². The van der Waals surface area contributed by atoms with E-state index in [1.54, 1.807) is 0 Å². The lowest BCUT2D eigenvalue weighted by atomic mass is 10.2. The Morgan fingerprint density at radius 1 is 1.42 bits per heavy atom. The maximum Gasteiger partial charge on any atom is 0.326 e. The van der Waals surface area contributed by atoms with E-state index in [9.17, 15) is 14.0 Å². The minimum atomic E-state index is -1.30. The molecule has 2 amide bonds. The lowest BCUT2D eigenvalue weighted by molar-refractivity contribution is -0.139. The van der Waals surface area contributed by atoms with Gasteiger partial charge in [0.15, 0.2) is 5.82 Å². The molecule has 0 bridgehead atoms. The Morgan fingerprint density at radius 3 is 2.68 bits per heavy atom. The van der Waals surface area contributed by atoms with Gasteiger partial charge in [-0.1, -0.05) is 17.7 Å².